The van der Waals surface area contributed by atoms with E-state index in [9.17, 15) is 9.59 Å². The molecule has 0 aromatic carbocycles. The summed E-state index contributed by atoms with van der Waals surface area (Å²) in [5.74, 6) is 1.33. The second-order valence-electron chi connectivity index (χ2n) is 8.92. The fourth-order valence-electron chi connectivity index (χ4n) is 3.21. The molecule has 1 aliphatic heterocycles. The van der Waals surface area contributed by atoms with Gasteiger partial charge < -0.3 is 14.7 Å². The second kappa shape index (κ2) is 29.7. The lowest BCUT2D eigenvalue weighted by atomic mass is 9.97. The minimum absolute atomic E-state index is 0.0833. The number of likely N-dealkylation sites (N-methyl/N-ethyl adjacent to an activating group) is 1. The molecule has 1 rings (SSSR count). The molecule has 0 amide bonds. The monoisotopic (exact) mass is 483 g/mol. The van der Waals surface area contributed by atoms with Gasteiger partial charge in [0.15, 0.2) is 0 Å². The highest BCUT2D eigenvalue weighted by atomic mass is 16.5. The smallest absolute Gasteiger partial charge is 0.135 e. The number of hydrogen-bond donors (Lipinski definition) is 1. The minimum atomic E-state index is 0.0833. The van der Waals surface area contributed by atoms with Crippen molar-refractivity contribution >= 4 is 11.6 Å². The number of aliphatic hydroxyl groups is 1. The van der Waals surface area contributed by atoms with E-state index in [1.54, 1.807) is 0 Å². The van der Waals surface area contributed by atoms with Crippen molar-refractivity contribution in [2.24, 2.45) is 11.8 Å². The molecule has 0 spiro atoms. The van der Waals surface area contributed by atoms with Crippen LogP contribution in [0.25, 0.3) is 0 Å². The molecule has 0 unspecified atom stereocenters. The molecule has 2 atom stereocenters. The van der Waals surface area contributed by atoms with Crippen LogP contribution in [-0.4, -0.2) is 61.5 Å². The molecule has 202 valence electrons. The lowest BCUT2D eigenvalue weighted by molar-refractivity contribution is -0.123. The van der Waals surface area contributed by atoms with E-state index in [4.69, 9.17) is 9.84 Å². The SMILES string of the molecule is C1CCOC1.C=CCN(C)CCC[C@H](C)C(=O)CC.C=CCO.CCCCC[C@H](C)C(=O)CC. The number of carbonyl (C=O) groups is 2. The van der Waals surface area contributed by atoms with Gasteiger partial charge in [-0.2, -0.15) is 0 Å². The molecule has 5 nitrogen and oxygen atoms in total. The Morgan fingerprint density at radius 3 is 1.71 bits per heavy atom. The zero-order chi connectivity index (χ0) is 26.6. The number of ketones is 2. The molecule has 1 heterocycles. The normalized spacial score (nSPS) is 13.8. The largest absolute Gasteiger partial charge is 0.392 e. The molecule has 1 saturated heterocycles. The lowest BCUT2D eigenvalue weighted by Gasteiger charge is -2.15. The van der Waals surface area contributed by atoms with Crippen molar-refractivity contribution in [2.45, 2.75) is 98.8 Å². The van der Waals surface area contributed by atoms with Gasteiger partial charge in [0, 0.05) is 44.4 Å². The number of nitrogens with zero attached hydrogens (tertiary/aromatic N) is 1. The molecule has 0 aromatic heterocycles. The van der Waals surface area contributed by atoms with Crippen molar-refractivity contribution in [3.05, 3.63) is 25.3 Å². The number of Topliss-reactive ketones (excluding diaryl/α,β-unsaturated/α-hetero) is 2. The Morgan fingerprint density at radius 1 is 0.912 bits per heavy atom. The van der Waals surface area contributed by atoms with E-state index in [1.807, 2.05) is 33.8 Å². The average molecular weight is 484 g/mol. The van der Waals surface area contributed by atoms with Crippen LogP contribution < -0.4 is 0 Å². The third kappa shape index (κ3) is 28.7. The maximum Gasteiger partial charge on any atom is 0.135 e. The van der Waals surface area contributed by atoms with E-state index < -0.39 is 0 Å². The van der Waals surface area contributed by atoms with Crippen molar-refractivity contribution in [2.75, 3.05) is 40.0 Å². The van der Waals surface area contributed by atoms with Crippen LogP contribution in [0.1, 0.15) is 98.8 Å². The van der Waals surface area contributed by atoms with E-state index in [1.165, 1.54) is 38.2 Å². The van der Waals surface area contributed by atoms with E-state index in [0.29, 0.717) is 30.3 Å². The highest BCUT2D eigenvalue weighted by Crippen LogP contribution is 2.11. The van der Waals surface area contributed by atoms with Gasteiger partial charge in [0.05, 0.1) is 6.61 Å². The molecule has 0 saturated carbocycles. The molecule has 1 N–H and O–H groups in total. The van der Waals surface area contributed by atoms with E-state index in [2.05, 4.69) is 32.0 Å². The maximum absolute atomic E-state index is 11.3. The highest BCUT2D eigenvalue weighted by molar-refractivity contribution is 5.80. The third-order valence-electron chi connectivity index (χ3n) is 5.61. The summed E-state index contributed by atoms with van der Waals surface area (Å²) >= 11 is 0. The van der Waals surface area contributed by atoms with Crippen molar-refractivity contribution in [3.8, 4) is 0 Å². The average Bonchev–Trinajstić information content (AvgIpc) is 3.44. The van der Waals surface area contributed by atoms with Crippen LogP contribution in [0.15, 0.2) is 25.3 Å². The molecule has 0 aliphatic carbocycles. The Hall–Kier alpha value is -1.30. The Bertz CT molecular complexity index is 467. The molecule has 34 heavy (non-hydrogen) atoms. The van der Waals surface area contributed by atoms with E-state index in [0.717, 1.165) is 45.6 Å². The Morgan fingerprint density at radius 2 is 1.38 bits per heavy atom. The Kier molecular flexibility index (Phi) is 32.6. The first-order chi connectivity index (χ1) is 16.2. The predicted octanol–water partition coefficient (Wildman–Crippen LogP) is 6.64. The first-order valence-corrected chi connectivity index (χ1v) is 13.4. The number of rotatable bonds is 15. The summed E-state index contributed by atoms with van der Waals surface area (Å²) in [5, 5.41) is 7.76. The molecule has 0 radical (unpaired) electrons. The summed E-state index contributed by atoms with van der Waals surface area (Å²) < 4.78 is 4.94. The van der Waals surface area contributed by atoms with Crippen LogP contribution in [0, 0.1) is 11.8 Å². The summed E-state index contributed by atoms with van der Waals surface area (Å²) in [6.07, 6.45) is 14.2. The Balaban J connectivity index is -0.000000421. The molecule has 1 aliphatic rings. The fourth-order valence-corrected chi connectivity index (χ4v) is 3.21. The zero-order valence-corrected chi connectivity index (χ0v) is 23.4. The molecular formula is C29H57NO4. The molecular weight excluding hydrogens is 426 g/mol. The van der Waals surface area contributed by atoms with Crippen LogP contribution in [0.4, 0.5) is 0 Å². The number of unbranched alkanes of at least 4 members (excludes halogenated alkanes) is 2. The maximum atomic E-state index is 11.3. The van der Waals surface area contributed by atoms with Crippen LogP contribution in [-0.2, 0) is 14.3 Å². The van der Waals surface area contributed by atoms with Crippen molar-refractivity contribution in [1.82, 2.24) is 4.90 Å². The fraction of sp³-hybridized carbons (Fsp3) is 0.793. The second-order valence-corrected chi connectivity index (χ2v) is 8.92. The zero-order valence-electron chi connectivity index (χ0n) is 23.4. The number of hydrogen-bond acceptors (Lipinski definition) is 5. The molecule has 1 fully saturated rings. The number of carbonyl (C=O) groups excluding carboxylic acids is 2. The Labute approximate surface area is 212 Å². The molecule has 0 bridgehead atoms. The summed E-state index contributed by atoms with van der Waals surface area (Å²) in [6, 6.07) is 0. The first-order valence-electron chi connectivity index (χ1n) is 13.4. The van der Waals surface area contributed by atoms with Crippen LogP contribution in [0.3, 0.4) is 0 Å². The van der Waals surface area contributed by atoms with E-state index >= 15 is 0 Å². The van der Waals surface area contributed by atoms with Gasteiger partial charge in [0.1, 0.15) is 11.6 Å². The molecule has 0 aromatic rings. The first kappa shape index (κ1) is 37.3. The van der Waals surface area contributed by atoms with E-state index in [-0.39, 0.29) is 12.5 Å². The summed E-state index contributed by atoms with van der Waals surface area (Å²) in [5.41, 5.74) is 0. The predicted molar refractivity (Wildman–Crippen MR) is 147 cm³/mol. The topological polar surface area (TPSA) is 66.8 Å². The third-order valence-corrected chi connectivity index (χ3v) is 5.61. The summed E-state index contributed by atoms with van der Waals surface area (Å²) in [4.78, 5) is 24.6. The van der Waals surface area contributed by atoms with Crippen molar-refractivity contribution in [3.63, 3.8) is 0 Å². The van der Waals surface area contributed by atoms with Crippen molar-refractivity contribution < 1.29 is 19.4 Å². The van der Waals surface area contributed by atoms with Crippen LogP contribution >= 0.6 is 0 Å². The highest BCUT2D eigenvalue weighted by Gasteiger charge is 2.10. The number of ether oxygens (including phenoxy) is 1. The van der Waals surface area contributed by atoms with Gasteiger partial charge in [0.2, 0.25) is 0 Å². The van der Waals surface area contributed by atoms with Crippen molar-refractivity contribution in [1.29, 1.82) is 0 Å². The lowest BCUT2D eigenvalue weighted by Crippen LogP contribution is -2.20. The van der Waals surface area contributed by atoms with Gasteiger partial charge in [-0.3, -0.25) is 9.59 Å². The van der Waals surface area contributed by atoms with Crippen LogP contribution in [0.5, 0.6) is 0 Å². The number of aliphatic hydroxyl groups excluding tert-OH is 1. The summed E-state index contributed by atoms with van der Waals surface area (Å²) in [6.45, 7) is 21.1. The summed E-state index contributed by atoms with van der Waals surface area (Å²) in [7, 11) is 2.08. The van der Waals surface area contributed by atoms with Gasteiger partial charge in [-0.1, -0.05) is 66.0 Å². The standard InChI is InChI=1S/C12H23NO.C10H20O.C4H8O.C3H6O/c1-5-9-13(4)10-7-8-11(3)12(14)6-2;1-4-6-7-8-9(3)10(11)5-2;1-2-4-5-3-1;1-2-3-4/h5,11H,1,6-10H2,2-4H3;9H,4-8H2,1-3H3;1-4H2;2,4H,1,3H2/t11-;9-;;/m00../s1. The molecule has 5 heteroatoms. The minimum Gasteiger partial charge on any atom is -0.392 e. The van der Waals surface area contributed by atoms with Crippen LogP contribution in [0.2, 0.25) is 0 Å². The van der Waals surface area contributed by atoms with Gasteiger partial charge in [-0.15, -0.1) is 13.2 Å². The quantitative estimate of drug-likeness (QED) is 0.209. The van der Waals surface area contributed by atoms with Gasteiger partial charge >= 0.3 is 0 Å². The van der Waals surface area contributed by atoms with Gasteiger partial charge in [-0.25, -0.2) is 0 Å². The van der Waals surface area contributed by atoms with Gasteiger partial charge in [0.25, 0.3) is 0 Å². The van der Waals surface area contributed by atoms with Gasteiger partial charge in [-0.05, 0) is 45.7 Å².